The van der Waals surface area contributed by atoms with Crippen LogP contribution in [0.2, 0.25) is 0 Å². The zero-order valence-electron chi connectivity index (χ0n) is 15.7. The molecule has 2 saturated heterocycles. The molecule has 0 spiro atoms. The lowest BCUT2D eigenvalue weighted by Crippen LogP contribution is -2.78. The molecule has 1 aromatic carbocycles. The van der Waals surface area contributed by atoms with E-state index in [-0.39, 0.29) is 37.8 Å². The number of aliphatic carboxylic acids is 1. The minimum atomic E-state index is -2.42. The molecule has 2 aliphatic rings. The van der Waals surface area contributed by atoms with E-state index in [0.29, 0.717) is 9.80 Å². The number of carboxylic acids is 1. The van der Waals surface area contributed by atoms with Crippen molar-refractivity contribution in [3.05, 3.63) is 35.9 Å². The fraction of sp³-hybridized carbons (Fsp3) is 0.421. The summed E-state index contributed by atoms with van der Waals surface area (Å²) in [6.07, 6.45) is -1.11. The predicted molar refractivity (Wildman–Crippen MR) is 98.5 cm³/mol. The molecular formula is C19H22N4O6. The molecule has 0 saturated carbocycles. The lowest BCUT2D eigenvalue weighted by Gasteiger charge is -2.53. The maximum absolute atomic E-state index is 12.8. The average molecular weight is 402 g/mol. The molecule has 0 bridgehead atoms. The van der Waals surface area contributed by atoms with Gasteiger partial charge in [0.05, 0.1) is 0 Å². The monoisotopic (exact) mass is 402 g/mol. The molecule has 10 nitrogen and oxygen atoms in total. The maximum Gasteiger partial charge on any atom is 0.328 e. The number of nitrogens with two attached hydrogens (primary N) is 2. The fourth-order valence-electron chi connectivity index (χ4n) is 4.22. The molecule has 5 N–H and O–H groups in total. The van der Waals surface area contributed by atoms with Gasteiger partial charge < -0.3 is 16.6 Å². The van der Waals surface area contributed by atoms with Gasteiger partial charge in [0.15, 0.2) is 11.2 Å². The van der Waals surface area contributed by atoms with Crippen molar-refractivity contribution < 1.29 is 29.1 Å². The Morgan fingerprint density at radius 1 is 0.897 bits per heavy atom. The Bertz CT molecular complexity index is 818. The molecule has 29 heavy (non-hydrogen) atoms. The van der Waals surface area contributed by atoms with E-state index in [4.69, 9.17) is 11.5 Å². The largest absolute Gasteiger partial charge is 0.480 e. The van der Waals surface area contributed by atoms with Crippen molar-refractivity contribution in [3.63, 3.8) is 0 Å². The molecule has 1 aromatic rings. The van der Waals surface area contributed by atoms with Crippen LogP contribution in [0.4, 0.5) is 0 Å². The van der Waals surface area contributed by atoms with E-state index in [2.05, 4.69) is 0 Å². The van der Waals surface area contributed by atoms with E-state index in [9.17, 15) is 29.1 Å². The van der Waals surface area contributed by atoms with Gasteiger partial charge in [0.1, 0.15) is 0 Å². The van der Waals surface area contributed by atoms with E-state index in [1.807, 2.05) is 0 Å². The van der Waals surface area contributed by atoms with Crippen LogP contribution in [-0.4, -0.2) is 56.6 Å². The van der Waals surface area contributed by atoms with Crippen LogP contribution in [0.25, 0.3) is 0 Å². The summed E-state index contributed by atoms with van der Waals surface area (Å²) in [6.45, 7) is -0.218. The van der Waals surface area contributed by atoms with Gasteiger partial charge in [0.25, 0.3) is 0 Å². The summed E-state index contributed by atoms with van der Waals surface area (Å²) in [5.74, 6) is -4.43. The van der Waals surface area contributed by atoms with Gasteiger partial charge in [-0.3, -0.25) is 33.8 Å². The molecule has 0 aromatic heterocycles. The van der Waals surface area contributed by atoms with Crippen LogP contribution >= 0.6 is 0 Å². The lowest BCUT2D eigenvalue weighted by atomic mass is 9.74. The van der Waals surface area contributed by atoms with Crippen LogP contribution in [0.3, 0.4) is 0 Å². The third-order valence-electron chi connectivity index (χ3n) is 5.47. The first-order valence-electron chi connectivity index (χ1n) is 9.21. The molecular weight excluding hydrogens is 380 g/mol. The minimum Gasteiger partial charge on any atom is -0.480 e. The Labute approximate surface area is 166 Å². The van der Waals surface area contributed by atoms with Crippen molar-refractivity contribution in [3.8, 4) is 0 Å². The molecule has 1 unspecified atom stereocenters. The number of benzene rings is 1. The SMILES string of the molecule is NCCC(N)(C(=O)O)C(c1ccccc1)(N1C(=O)CCC1=O)N1C(=O)CCC1=O. The highest BCUT2D eigenvalue weighted by Crippen LogP contribution is 2.47. The van der Waals surface area contributed by atoms with Crippen molar-refractivity contribution in [2.45, 2.75) is 43.3 Å². The summed E-state index contributed by atoms with van der Waals surface area (Å²) < 4.78 is 0. The second kappa shape index (κ2) is 7.37. The lowest BCUT2D eigenvalue weighted by molar-refractivity contribution is -0.184. The first kappa shape index (κ1) is 20.6. The van der Waals surface area contributed by atoms with Crippen LogP contribution in [0.1, 0.15) is 37.7 Å². The van der Waals surface area contributed by atoms with E-state index < -0.39 is 47.2 Å². The Morgan fingerprint density at radius 3 is 1.66 bits per heavy atom. The first-order valence-corrected chi connectivity index (χ1v) is 9.21. The summed E-state index contributed by atoms with van der Waals surface area (Å²) >= 11 is 0. The number of carboxylic acid groups (broad SMARTS) is 1. The molecule has 1 atom stereocenters. The third-order valence-corrected chi connectivity index (χ3v) is 5.47. The van der Waals surface area contributed by atoms with E-state index >= 15 is 0 Å². The quantitative estimate of drug-likeness (QED) is 0.502. The van der Waals surface area contributed by atoms with Crippen molar-refractivity contribution in [1.82, 2.24) is 9.80 Å². The van der Waals surface area contributed by atoms with Gasteiger partial charge >= 0.3 is 5.97 Å². The van der Waals surface area contributed by atoms with Gasteiger partial charge in [-0.2, -0.15) is 0 Å². The van der Waals surface area contributed by atoms with Crippen LogP contribution in [-0.2, 0) is 29.6 Å². The van der Waals surface area contributed by atoms with Crippen LogP contribution in [0, 0.1) is 0 Å². The highest BCUT2D eigenvalue weighted by Gasteiger charge is 2.68. The standard InChI is InChI=1S/C19H22N4O6/c20-11-10-18(21,17(28)29)19(12-4-2-1-3-5-12,22-13(24)6-7-14(22)25)23-15(26)8-9-16(23)27/h1-5H,6-11,20-21H2,(H,28,29). The molecule has 4 amide bonds. The highest BCUT2D eigenvalue weighted by molar-refractivity contribution is 6.08. The number of imide groups is 2. The van der Waals surface area contributed by atoms with Crippen LogP contribution < -0.4 is 11.5 Å². The summed E-state index contributed by atoms with van der Waals surface area (Å²) in [6, 6.07) is 7.62. The zero-order chi connectivity index (χ0) is 21.4. The van der Waals surface area contributed by atoms with E-state index in [1.165, 1.54) is 12.1 Å². The van der Waals surface area contributed by atoms with Gasteiger partial charge in [-0.25, -0.2) is 0 Å². The van der Waals surface area contributed by atoms with Crippen molar-refractivity contribution in [2.24, 2.45) is 11.5 Å². The number of likely N-dealkylation sites (tertiary alicyclic amines) is 2. The van der Waals surface area contributed by atoms with Crippen LogP contribution in [0.5, 0.6) is 0 Å². The Hall–Kier alpha value is -3.11. The van der Waals surface area contributed by atoms with Crippen molar-refractivity contribution >= 4 is 29.6 Å². The Kier molecular flexibility index (Phi) is 5.24. The average Bonchev–Trinajstić information content (AvgIpc) is 3.20. The van der Waals surface area contributed by atoms with Crippen molar-refractivity contribution in [1.29, 1.82) is 0 Å². The molecule has 0 radical (unpaired) electrons. The number of rotatable bonds is 7. The van der Waals surface area contributed by atoms with E-state index in [1.54, 1.807) is 18.2 Å². The summed E-state index contributed by atoms with van der Waals surface area (Å²) in [5.41, 5.74) is 7.33. The fourth-order valence-corrected chi connectivity index (χ4v) is 4.22. The van der Waals surface area contributed by atoms with Gasteiger partial charge in [-0.05, 0) is 13.0 Å². The summed E-state index contributed by atoms with van der Waals surface area (Å²) in [4.78, 5) is 65.2. The topological polar surface area (TPSA) is 164 Å². The molecule has 2 aliphatic heterocycles. The molecule has 0 aliphatic carbocycles. The summed E-state index contributed by atoms with van der Waals surface area (Å²) in [7, 11) is 0. The van der Waals surface area contributed by atoms with E-state index in [0.717, 1.165) is 0 Å². The predicted octanol–water partition coefficient (Wildman–Crippen LogP) is -0.732. The molecule has 2 heterocycles. The molecule has 3 rings (SSSR count). The number of carbonyl (C=O) groups is 5. The molecule has 10 heteroatoms. The maximum atomic E-state index is 12.8. The van der Waals surface area contributed by atoms with Gasteiger partial charge in [-0.1, -0.05) is 30.3 Å². The van der Waals surface area contributed by atoms with Gasteiger partial charge in [-0.15, -0.1) is 0 Å². The minimum absolute atomic E-state index is 0.0746. The number of hydrogen-bond donors (Lipinski definition) is 3. The Morgan fingerprint density at radius 2 is 1.31 bits per heavy atom. The molecule has 154 valence electrons. The molecule has 2 fully saturated rings. The number of carbonyl (C=O) groups excluding carboxylic acids is 4. The van der Waals surface area contributed by atoms with Gasteiger partial charge in [0.2, 0.25) is 23.6 Å². The normalized spacial score (nSPS) is 19.8. The number of hydrogen-bond acceptors (Lipinski definition) is 7. The highest BCUT2D eigenvalue weighted by atomic mass is 16.4. The summed E-state index contributed by atoms with van der Waals surface area (Å²) in [5, 5.41) is 10.1. The second-order valence-corrected chi connectivity index (χ2v) is 7.10. The first-order chi connectivity index (χ1) is 13.7. The second-order valence-electron chi connectivity index (χ2n) is 7.10. The zero-order valence-corrected chi connectivity index (χ0v) is 15.7. The van der Waals surface area contributed by atoms with Crippen molar-refractivity contribution in [2.75, 3.05) is 6.54 Å². The smallest absolute Gasteiger partial charge is 0.328 e. The number of amides is 4. The Balaban J connectivity index is 2.47. The number of nitrogens with zero attached hydrogens (tertiary/aromatic N) is 2. The van der Waals surface area contributed by atoms with Gasteiger partial charge in [0, 0.05) is 31.2 Å². The third kappa shape index (κ3) is 2.83. The van der Waals surface area contributed by atoms with Crippen LogP contribution in [0.15, 0.2) is 30.3 Å².